The molecule has 2 rings (SSSR count). The number of nitrogens with zero attached hydrogens (tertiary/aromatic N) is 2. The van der Waals surface area contributed by atoms with Gasteiger partial charge >= 0.3 is 0 Å². The highest BCUT2D eigenvalue weighted by atomic mass is 32.2. The predicted octanol–water partition coefficient (Wildman–Crippen LogP) is 1.04. The lowest BCUT2D eigenvalue weighted by Gasteiger charge is -2.07. The summed E-state index contributed by atoms with van der Waals surface area (Å²) in [5.74, 6) is 0. The van der Waals surface area contributed by atoms with E-state index in [1.165, 1.54) is 6.07 Å². The molecule has 0 bridgehead atoms. The molecule has 17 heavy (non-hydrogen) atoms. The minimum Gasteiger partial charge on any atom is -0.340 e. The van der Waals surface area contributed by atoms with Gasteiger partial charge in [-0.05, 0) is 18.6 Å². The molecule has 0 aliphatic rings. The second kappa shape index (κ2) is 3.97. The van der Waals surface area contributed by atoms with Gasteiger partial charge in [0.2, 0.25) is 10.0 Å². The van der Waals surface area contributed by atoms with Gasteiger partial charge in [-0.15, -0.1) is 0 Å². The average molecular weight is 251 g/mol. The maximum absolute atomic E-state index is 11.4. The lowest BCUT2D eigenvalue weighted by Crippen LogP contribution is -2.13. The number of hydrogen-bond acceptors (Lipinski definition) is 3. The van der Waals surface area contributed by atoms with Crippen LogP contribution in [0.25, 0.3) is 11.3 Å². The number of hydrogen-bond donors (Lipinski definition) is 1. The van der Waals surface area contributed by atoms with Crippen LogP contribution in [0.2, 0.25) is 0 Å². The highest BCUT2D eigenvalue weighted by Crippen LogP contribution is 2.25. The topological polar surface area (TPSA) is 78.0 Å². The van der Waals surface area contributed by atoms with Crippen LogP contribution in [0.15, 0.2) is 35.6 Å². The Morgan fingerprint density at radius 3 is 2.59 bits per heavy atom. The van der Waals surface area contributed by atoms with Crippen molar-refractivity contribution in [3.63, 3.8) is 0 Å². The summed E-state index contributed by atoms with van der Waals surface area (Å²) in [4.78, 5) is 4.34. The highest BCUT2D eigenvalue weighted by molar-refractivity contribution is 7.89. The Kier molecular flexibility index (Phi) is 2.76. The molecule has 1 heterocycles. The molecule has 0 aliphatic heterocycles. The number of imidazole rings is 1. The molecular formula is C11H13N3O2S. The predicted molar refractivity (Wildman–Crippen MR) is 64.8 cm³/mol. The van der Waals surface area contributed by atoms with Gasteiger partial charge in [-0.2, -0.15) is 0 Å². The Morgan fingerprint density at radius 1 is 1.35 bits per heavy atom. The van der Waals surface area contributed by atoms with Gasteiger partial charge in [-0.25, -0.2) is 18.5 Å². The van der Waals surface area contributed by atoms with Crippen molar-refractivity contribution in [3.8, 4) is 11.3 Å². The minimum absolute atomic E-state index is 0.139. The SMILES string of the molecule is Cc1c(-c2cn(C)cn2)cccc1S(N)(=O)=O. The van der Waals surface area contributed by atoms with Crippen LogP contribution in [-0.2, 0) is 17.1 Å². The van der Waals surface area contributed by atoms with Crippen molar-refractivity contribution >= 4 is 10.0 Å². The van der Waals surface area contributed by atoms with E-state index in [2.05, 4.69) is 4.98 Å². The Morgan fingerprint density at radius 2 is 2.06 bits per heavy atom. The smallest absolute Gasteiger partial charge is 0.238 e. The summed E-state index contributed by atoms with van der Waals surface area (Å²) in [7, 11) is -1.84. The van der Waals surface area contributed by atoms with E-state index in [0.717, 1.165) is 11.3 Å². The number of aryl methyl sites for hydroxylation is 1. The summed E-state index contributed by atoms with van der Waals surface area (Å²) in [6.45, 7) is 1.73. The molecule has 0 saturated carbocycles. The molecule has 0 aliphatic carbocycles. The van der Waals surface area contributed by atoms with E-state index in [1.54, 1.807) is 23.9 Å². The normalized spacial score (nSPS) is 11.7. The summed E-state index contributed by atoms with van der Waals surface area (Å²) in [6.07, 6.45) is 3.49. The van der Waals surface area contributed by atoms with Crippen molar-refractivity contribution in [1.29, 1.82) is 0 Å². The number of nitrogens with two attached hydrogens (primary N) is 1. The van der Waals surface area contributed by atoms with Gasteiger partial charge in [0.1, 0.15) is 0 Å². The van der Waals surface area contributed by atoms with Crippen LogP contribution in [0.1, 0.15) is 5.56 Å². The average Bonchev–Trinajstić information content (AvgIpc) is 2.63. The quantitative estimate of drug-likeness (QED) is 0.866. The van der Waals surface area contributed by atoms with Crippen LogP contribution < -0.4 is 5.14 Å². The Labute approximate surface area is 100.0 Å². The molecule has 1 aromatic heterocycles. The lowest BCUT2D eigenvalue weighted by molar-refractivity contribution is 0.597. The van der Waals surface area contributed by atoms with E-state index in [9.17, 15) is 8.42 Å². The number of rotatable bonds is 2. The van der Waals surface area contributed by atoms with Crippen LogP contribution in [0, 0.1) is 6.92 Å². The van der Waals surface area contributed by atoms with Crippen LogP contribution in [0.3, 0.4) is 0 Å². The van der Waals surface area contributed by atoms with Crippen LogP contribution >= 0.6 is 0 Å². The molecule has 0 atom stereocenters. The van der Waals surface area contributed by atoms with Gasteiger partial charge in [0.05, 0.1) is 16.9 Å². The van der Waals surface area contributed by atoms with E-state index in [1.807, 2.05) is 19.3 Å². The van der Waals surface area contributed by atoms with Crippen molar-refractivity contribution in [2.75, 3.05) is 0 Å². The second-order valence-electron chi connectivity index (χ2n) is 3.90. The molecule has 2 aromatic rings. The molecule has 1 aromatic carbocycles. The fourth-order valence-corrected chi connectivity index (χ4v) is 2.56. The summed E-state index contributed by atoms with van der Waals surface area (Å²) >= 11 is 0. The minimum atomic E-state index is -3.69. The lowest BCUT2D eigenvalue weighted by atomic mass is 10.1. The first-order chi connectivity index (χ1) is 7.89. The molecule has 0 saturated heterocycles. The zero-order valence-electron chi connectivity index (χ0n) is 9.58. The van der Waals surface area contributed by atoms with E-state index < -0.39 is 10.0 Å². The monoisotopic (exact) mass is 251 g/mol. The fraction of sp³-hybridized carbons (Fsp3) is 0.182. The van der Waals surface area contributed by atoms with Gasteiger partial charge < -0.3 is 4.57 Å². The van der Waals surface area contributed by atoms with Gasteiger partial charge in [0, 0.05) is 18.8 Å². The summed E-state index contributed by atoms with van der Waals surface area (Å²) < 4.78 is 24.6. The van der Waals surface area contributed by atoms with Crippen molar-refractivity contribution < 1.29 is 8.42 Å². The van der Waals surface area contributed by atoms with Crippen LogP contribution in [-0.4, -0.2) is 18.0 Å². The van der Waals surface area contributed by atoms with Crippen molar-refractivity contribution in [2.24, 2.45) is 12.2 Å². The van der Waals surface area contributed by atoms with E-state index >= 15 is 0 Å². The van der Waals surface area contributed by atoms with E-state index in [0.29, 0.717) is 5.56 Å². The first-order valence-corrected chi connectivity index (χ1v) is 6.55. The standard InChI is InChI=1S/C11H13N3O2S/c1-8-9(10-6-14(2)7-13-10)4-3-5-11(8)17(12,15)16/h3-7H,1-2H3,(H2,12,15,16). The Balaban J connectivity index is 2.65. The summed E-state index contributed by atoms with van der Waals surface area (Å²) in [6, 6.07) is 4.99. The molecule has 2 N–H and O–H groups in total. The molecule has 5 nitrogen and oxygen atoms in total. The molecule has 0 spiro atoms. The zero-order valence-corrected chi connectivity index (χ0v) is 10.4. The first-order valence-electron chi connectivity index (χ1n) is 5.00. The molecular weight excluding hydrogens is 238 g/mol. The molecule has 6 heteroatoms. The number of benzene rings is 1. The van der Waals surface area contributed by atoms with Crippen molar-refractivity contribution in [1.82, 2.24) is 9.55 Å². The molecule has 0 unspecified atom stereocenters. The van der Waals surface area contributed by atoms with Gasteiger partial charge in [0.25, 0.3) is 0 Å². The molecule has 0 amide bonds. The molecule has 90 valence electrons. The number of sulfonamides is 1. The van der Waals surface area contributed by atoms with E-state index in [4.69, 9.17) is 5.14 Å². The summed E-state index contributed by atoms with van der Waals surface area (Å²) in [5, 5.41) is 5.16. The Bertz CT molecular complexity index is 659. The fourth-order valence-electron chi connectivity index (χ4n) is 1.75. The first kappa shape index (κ1) is 11.8. The number of aromatic nitrogens is 2. The van der Waals surface area contributed by atoms with Crippen molar-refractivity contribution in [2.45, 2.75) is 11.8 Å². The highest BCUT2D eigenvalue weighted by Gasteiger charge is 2.15. The third kappa shape index (κ3) is 2.22. The van der Waals surface area contributed by atoms with Crippen LogP contribution in [0.5, 0.6) is 0 Å². The maximum Gasteiger partial charge on any atom is 0.238 e. The molecule has 0 fully saturated rings. The third-order valence-electron chi connectivity index (χ3n) is 2.57. The van der Waals surface area contributed by atoms with Crippen LogP contribution in [0.4, 0.5) is 0 Å². The van der Waals surface area contributed by atoms with Gasteiger partial charge in [0.15, 0.2) is 0 Å². The van der Waals surface area contributed by atoms with Crippen molar-refractivity contribution in [3.05, 3.63) is 36.3 Å². The number of primary sulfonamides is 1. The largest absolute Gasteiger partial charge is 0.340 e. The maximum atomic E-state index is 11.4. The van der Waals surface area contributed by atoms with Gasteiger partial charge in [-0.3, -0.25) is 0 Å². The summed E-state index contributed by atoms with van der Waals surface area (Å²) in [5.41, 5.74) is 2.13. The van der Waals surface area contributed by atoms with E-state index in [-0.39, 0.29) is 4.90 Å². The third-order valence-corrected chi connectivity index (χ3v) is 3.63. The van der Waals surface area contributed by atoms with Gasteiger partial charge in [-0.1, -0.05) is 12.1 Å². The zero-order chi connectivity index (χ0) is 12.6. The molecule has 0 radical (unpaired) electrons. The second-order valence-corrected chi connectivity index (χ2v) is 5.43. The Hall–Kier alpha value is -1.66.